The molecule has 0 saturated carbocycles. The van der Waals surface area contributed by atoms with E-state index in [1.165, 1.54) is 30.7 Å². The Morgan fingerprint density at radius 2 is 1.95 bits per heavy atom. The Morgan fingerprint density at radius 3 is 2.62 bits per heavy atom. The van der Waals surface area contributed by atoms with E-state index < -0.39 is 28.7 Å². The summed E-state index contributed by atoms with van der Waals surface area (Å²) < 4.78 is 33.9. The molecule has 0 spiro atoms. The van der Waals surface area contributed by atoms with Gasteiger partial charge >= 0.3 is 0 Å². The molecule has 1 aliphatic rings. The molecule has 0 aromatic carbocycles. The summed E-state index contributed by atoms with van der Waals surface area (Å²) in [7, 11) is -1.48. The first kappa shape index (κ1) is 26.7. The summed E-state index contributed by atoms with van der Waals surface area (Å²) in [5.74, 6) is -0.305. The predicted octanol–water partition coefficient (Wildman–Crippen LogP) is 1.38. The molecule has 14 heteroatoms. The van der Waals surface area contributed by atoms with Crippen molar-refractivity contribution in [3.63, 3.8) is 0 Å². The van der Waals surface area contributed by atoms with E-state index in [2.05, 4.69) is 20.5 Å². The summed E-state index contributed by atoms with van der Waals surface area (Å²) in [4.78, 5) is 36.8. The van der Waals surface area contributed by atoms with Crippen molar-refractivity contribution in [2.75, 3.05) is 37.0 Å². The van der Waals surface area contributed by atoms with Gasteiger partial charge in [-0.25, -0.2) is 18.4 Å². The summed E-state index contributed by atoms with van der Waals surface area (Å²) >= 11 is 1.23. The lowest BCUT2D eigenvalue weighted by molar-refractivity contribution is -0.119. The van der Waals surface area contributed by atoms with E-state index in [1.807, 2.05) is 32.0 Å². The van der Waals surface area contributed by atoms with Gasteiger partial charge in [-0.15, -0.1) is 11.3 Å². The Kier molecular flexibility index (Phi) is 8.53. The van der Waals surface area contributed by atoms with Gasteiger partial charge in [0.25, 0.3) is 11.8 Å². The van der Waals surface area contributed by atoms with Crippen LogP contribution in [0.1, 0.15) is 24.2 Å². The lowest BCUT2D eigenvalue weighted by Gasteiger charge is -2.36. The number of anilines is 2. The Morgan fingerprint density at radius 1 is 1.19 bits per heavy atom. The van der Waals surface area contributed by atoms with E-state index >= 15 is 0 Å². The fourth-order valence-electron chi connectivity index (χ4n) is 3.96. The second-order valence-corrected chi connectivity index (χ2v) is 10.4. The van der Waals surface area contributed by atoms with Gasteiger partial charge in [-0.2, -0.15) is 0 Å². The van der Waals surface area contributed by atoms with Gasteiger partial charge in [0, 0.05) is 38.0 Å². The van der Waals surface area contributed by atoms with Crippen molar-refractivity contribution in [2.24, 2.45) is 0 Å². The molecule has 3 aromatic heterocycles. The number of aromatic nitrogens is 3. The second-order valence-electron chi connectivity index (χ2n) is 8.57. The van der Waals surface area contributed by atoms with Crippen molar-refractivity contribution in [3.8, 4) is 11.4 Å². The molecule has 1 saturated heterocycles. The maximum absolute atomic E-state index is 12.9. The molecule has 0 aliphatic carbocycles. The molecule has 4 rings (SSSR count). The molecule has 198 valence electrons. The number of nitrogens with zero attached hydrogens (tertiary/aromatic N) is 4. The number of morpholine rings is 1. The fraction of sp³-hybridized carbons (Fsp3) is 0.391. The van der Waals surface area contributed by atoms with Gasteiger partial charge in [0.2, 0.25) is 10.9 Å². The Hall–Kier alpha value is -3.33. The first-order valence-electron chi connectivity index (χ1n) is 11.5. The molecule has 12 nitrogen and oxygen atoms in total. The summed E-state index contributed by atoms with van der Waals surface area (Å²) in [6.45, 7) is 5.46. The fourth-order valence-corrected chi connectivity index (χ4v) is 5.06. The van der Waals surface area contributed by atoms with Crippen LogP contribution < -0.4 is 15.5 Å². The molecule has 37 heavy (non-hydrogen) atoms. The van der Waals surface area contributed by atoms with Crippen LogP contribution in [0.15, 0.2) is 42.0 Å². The average molecular weight is 549 g/mol. The number of thiol groups is 1. The summed E-state index contributed by atoms with van der Waals surface area (Å²) in [6.07, 6.45) is 2.61. The van der Waals surface area contributed by atoms with E-state index in [9.17, 15) is 18.0 Å². The van der Waals surface area contributed by atoms with Gasteiger partial charge in [-0.1, -0.05) is 6.07 Å². The van der Waals surface area contributed by atoms with Gasteiger partial charge in [-0.3, -0.25) is 13.6 Å². The number of nitrogens with one attached hydrogen (secondary N) is 2. The molecule has 2 amide bonds. The van der Waals surface area contributed by atoms with Crippen molar-refractivity contribution >= 4 is 45.0 Å². The van der Waals surface area contributed by atoms with Crippen molar-refractivity contribution < 1.29 is 27.5 Å². The highest BCUT2D eigenvalue weighted by Crippen LogP contribution is 2.26. The number of rotatable bonds is 9. The number of thiazole rings is 1. The number of amides is 2. The zero-order valence-electron chi connectivity index (χ0n) is 20.5. The van der Waals surface area contributed by atoms with Crippen LogP contribution in [-0.4, -0.2) is 79.2 Å². The number of hydrogen-bond donors (Lipinski definition) is 3. The molecular formula is C23H28N6O6S2. The second kappa shape index (κ2) is 11.8. The van der Waals surface area contributed by atoms with Crippen LogP contribution in [0.2, 0.25) is 0 Å². The monoisotopic (exact) mass is 548 g/mol. The summed E-state index contributed by atoms with van der Waals surface area (Å²) in [5, 5.41) is 7.40. The largest absolute Gasteiger partial charge is 0.382 e. The predicted molar refractivity (Wildman–Crippen MR) is 139 cm³/mol. The summed E-state index contributed by atoms with van der Waals surface area (Å²) in [5.41, 5.74) is 1.38. The Labute approximate surface area is 219 Å². The number of ether oxygens (including phenoxy) is 2. The maximum Gasteiger partial charge on any atom is 0.253 e. The number of carbonyl (C=O) groups excluding carboxylic acids is 2. The number of methoxy groups -OCH3 is 1. The van der Waals surface area contributed by atoms with E-state index in [-0.39, 0.29) is 24.4 Å². The Balaban J connectivity index is 1.43. The van der Waals surface area contributed by atoms with Crippen LogP contribution in [0, 0.1) is 0 Å². The van der Waals surface area contributed by atoms with Gasteiger partial charge < -0.3 is 25.0 Å². The van der Waals surface area contributed by atoms with Gasteiger partial charge in [-0.05, 0) is 32.0 Å². The molecule has 2 N–H and O–H groups in total. The van der Waals surface area contributed by atoms with Gasteiger partial charge in [0.1, 0.15) is 17.6 Å². The van der Waals surface area contributed by atoms with E-state index in [4.69, 9.17) is 14.5 Å². The maximum atomic E-state index is 12.9. The molecule has 3 aromatic rings. The smallest absolute Gasteiger partial charge is 0.253 e. The lowest BCUT2D eigenvalue weighted by Crippen LogP contribution is -2.46. The van der Waals surface area contributed by atoms with E-state index in [1.54, 1.807) is 5.38 Å². The first-order valence-corrected chi connectivity index (χ1v) is 13.5. The molecular weight excluding hydrogens is 520 g/mol. The van der Waals surface area contributed by atoms with Crippen molar-refractivity contribution in [1.82, 2.24) is 19.3 Å². The number of hydrogen-bond acceptors (Lipinski definition) is 10. The standard InChI is InChI=1S/C23H28N6O6S2/c1-14-9-28(10-15(2)35-14)20-6-4-5-17(24-20)19-13-36-23(26-19)27-22(31)18(12-34-3)25-21(30)16-7-8-29(11-16)37(32)33/h4-8,11,13-15,18,37H,9-10,12H2,1-3H3,(H,25,30)(H,26,27,31)/t14?,15?,18-/m0/s1. The highest BCUT2D eigenvalue weighted by atomic mass is 32.2. The van der Waals surface area contributed by atoms with Gasteiger partial charge in [0.05, 0.1) is 30.1 Å². The van der Waals surface area contributed by atoms with Gasteiger partial charge in [0.15, 0.2) is 5.13 Å². The van der Waals surface area contributed by atoms with E-state index in [0.717, 1.165) is 29.1 Å². The molecule has 1 aliphatic heterocycles. The number of carbonyl (C=O) groups is 2. The average Bonchev–Trinajstić information content (AvgIpc) is 3.54. The van der Waals surface area contributed by atoms with Crippen LogP contribution in [-0.2, 0) is 25.2 Å². The third-order valence-electron chi connectivity index (χ3n) is 5.56. The quantitative estimate of drug-likeness (QED) is 0.338. The van der Waals surface area contributed by atoms with Crippen LogP contribution in [0.5, 0.6) is 0 Å². The highest BCUT2D eigenvalue weighted by Gasteiger charge is 2.25. The molecule has 0 radical (unpaired) electrons. The van der Waals surface area contributed by atoms with E-state index in [0.29, 0.717) is 16.5 Å². The molecule has 3 atom stereocenters. The topological polar surface area (TPSA) is 145 Å². The van der Waals surface area contributed by atoms with Crippen molar-refractivity contribution in [2.45, 2.75) is 32.1 Å². The number of pyridine rings is 1. The molecule has 0 bridgehead atoms. The normalized spacial score (nSPS) is 18.5. The SMILES string of the molecule is COC[C@H](NC(=O)c1ccn([SH](=O)=O)c1)C(=O)Nc1nc(-c2cccc(N3CC(C)OC(C)C3)n2)cs1. The molecule has 4 heterocycles. The van der Waals surface area contributed by atoms with Crippen LogP contribution >= 0.6 is 11.3 Å². The molecule has 2 unspecified atom stereocenters. The minimum atomic E-state index is -2.89. The van der Waals surface area contributed by atoms with Crippen molar-refractivity contribution in [1.29, 1.82) is 0 Å². The summed E-state index contributed by atoms with van der Waals surface area (Å²) in [6, 6.07) is 6.04. The third-order valence-corrected chi connectivity index (χ3v) is 6.94. The first-order chi connectivity index (χ1) is 17.7. The van der Waals surface area contributed by atoms with Crippen LogP contribution in [0.3, 0.4) is 0 Å². The minimum absolute atomic E-state index is 0.0909. The third kappa shape index (κ3) is 6.71. The lowest BCUT2D eigenvalue weighted by atomic mass is 10.2. The van der Waals surface area contributed by atoms with Crippen molar-refractivity contribution in [3.05, 3.63) is 47.6 Å². The minimum Gasteiger partial charge on any atom is -0.382 e. The zero-order chi connectivity index (χ0) is 26.5. The highest BCUT2D eigenvalue weighted by molar-refractivity contribution is 7.70. The molecule has 1 fully saturated rings. The van der Waals surface area contributed by atoms with Crippen LogP contribution in [0.4, 0.5) is 10.9 Å². The zero-order valence-corrected chi connectivity index (χ0v) is 22.2. The Bertz CT molecular complexity index is 1320. The van der Waals surface area contributed by atoms with Crippen LogP contribution in [0.25, 0.3) is 11.4 Å².